The molecule has 7 heteroatoms. The molecule has 0 unspecified atom stereocenters. The average Bonchev–Trinajstić information content (AvgIpc) is 3.18. The maximum Gasteiger partial charge on any atom is 0.269 e. The van der Waals surface area contributed by atoms with Gasteiger partial charge in [0.1, 0.15) is 0 Å². The van der Waals surface area contributed by atoms with Crippen LogP contribution in [-0.2, 0) is 0 Å². The third-order valence-corrected chi connectivity index (χ3v) is 7.52. The number of nitrogens with one attached hydrogen (secondary N) is 3. The number of benzene rings is 2. The van der Waals surface area contributed by atoms with Gasteiger partial charge in [0, 0.05) is 22.8 Å². The summed E-state index contributed by atoms with van der Waals surface area (Å²) in [6.07, 6.45) is 0. The Morgan fingerprint density at radius 3 is 2.42 bits per heavy atom. The molecule has 0 radical (unpaired) electrons. The van der Waals surface area contributed by atoms with Crippen LogP contribution in [0, 0.1) is 13.8 Å². The van der Waals surface area contributed by atoms with Gasteiger partial charge in [-0.1, -0.05) is 24.3 Å². The van der Waals surface area contributed by atoms with Crippen LogP contribution in [0.15, 0.2) is 42.5 Å². The van der Waals surface area contributed by atoms with E-state index >= 15 is 0 Å². The van der Waals surface area contributed by atoms with Crippen LogP contribution in [0.25, 0.3) is 0 Å². The van der Waals surface area contributed by atoms with Crippen LogP contribution >= 0.6 is 35.7 Å². The lowest BCUT2D eigenvalue weighted by Crippen LogP contribution is -2.43. The lowest BCUT2D eigenvalue weighted by atomic mass is 10.1. The highest BCUT2D eigenvalue weighted by atomic mass is 32.2. The molecule has 3 rings (SSSR count). The molecule has 1 aliphatic rings. The van der Waals surface area contributed by atoms with Gasteiger partial charge in [0.25, 0.3) is 5.91 Å². The number of hydrogen-bond donors (Lipinski definition) is 3. The summed E-state index contributed by atoms with van der Waals surface area (Å²) in [6, 6.07) is 13.7. The summed E-state index contributed by atoms with van der Waals surface area (Å²) in [5.74, 6) is 2.16. The van der Waals surface area contributed by atoms with E-state index in [1.165, 1.54) is 22.6 Å². The van der Waals surface area contributed by atoms with E-state index in [4.69, 9.17) is 12.2 Å². The molecule has 4 nitrogen and oxygen atoms in total. The molecule has 1 amide bonds. The number of carbonyl (C=O) groups is 1. The van der Waals surface area contributed by atoms with Gasteiger partial charge in [0.15, 0.2) is 5.11 Å². The standard InChI is InChI=1S/C19H21N3OS3/c1-12-4-3-5-16(13(12)2)20-19(24)22-21-17(23)14-6-8-15(9-7-14)18-25-10-11-26-18/h3-9,18H,10-11H2,1-2H3,(H,21,23)(H2,20,22,24). The predicted molar refractivity (Wildman–Crippen MR) is 117 cm³/mol. The van der Waals surface area contributed by atoms with Crippen molar-refractivity contribution in [3.63, 3.8) is 0 Å². The Kier molecular flexibility index (Phi) is 6.45. The molecule has 1 aliphatic heterocycles. The molecule has 1 saturated heterocycles. The number of hydrazine groups is 1. The van der Waals surface area contributed by atoms with Crippen LogP contribution in [0.2, 0.25) is 0 Å². The van der Waals surface area contributed by atoms with Crippen molar-refractivity contribution in [2.75, 3.05) is 16.8 Å². The molecule has 0 aromatic heterocycles. The number of thiocarbonyl (C=S) groups is 1. The molecule has 26 heavy (non-hydrogen) atoms. The molecule has 1 fully saturated rings. The first-order valence-electron chi connectivity index (χ1n) is 8.31. The Morgan fingerprint density at radius 1 is 1.04 bits per heavy atom. The first-order valence-corrected chi connectivity index (χ1v) is 10.8. The van der Waals surface area contributed by atoms with Crippen molar-refractivity contribution in [2.24, 2.45) is 0 Å². The minimum Gasteiger partial charge on any atom is -0.331 e. The Hall–Kier alpha value is -1.70. The van der Waals surface area contributed by atoms with Crippen LogP contribution in [0.3, 0.4) is 0 Å². The SMILES string of the molecule is Cc1cccc(NC(=S)NNC(=O)c2ccc(C3SCCS3)cc2)c1C. The lowest BCUT2D eigenvalue weighted by molar-refractivity contribution is 0.0944. The molecule has 0 spiro atoms. The highest BCUT2D eigenvalue weighted by molar-refractivity contribution is 8.19. The average molecular weight is 404 g/mol. The van der Waals surface area contributed by atoms with E-state index in [1.807, 2.05) is 79.8 Å². The zero-order valence-electron chi connectivity index (χ0n) is 14.7. The quantitative estimate of drug-likeness (QED) is 0.521. The summed E-state index contributed by atoms with van der Waals surface area (Å²) in [4.78, 5) is 12.3. The van der Waals surface area contributed by atoms with Crippen molar-refractivity contribution in [1.29, 1.82) is 0 Å². The van der Waals surface area contributed by atoms with Crippen molar-refractivity contribution in [3.8, 4) is 0 Å². The molecule has 0 atom stereocenters. The number of carbonyl (C=O) groups excluding carboxylic acids is 1. The molecule has 1 heterocycles. The first-order chi connectivity index (χ1) is 12.5. The van der Waals surface area contributed by atoms with Gasteiger partial charge in [0.2, 0.25) is 0 Å². The highest BCUT2D eigenvalue weighted by Gasteiger charge is 2.18. The van der Waals surface area contributed by atoms with Gasteiger partial charge in [-0.25, -0.2) is 0 Å². The minimum atomic E-state index is -0.214. The van der Waals surface area contributed by atoms with E-state index in [1.54, 1.807) is 0 Å². The topological polar surface area (TPSA) is 53.2 Å². The smallest absolute Gasteiger partial charge is 0.269 e. The number of anilines is 1. The zero-order chi connectivity index (χ0) is 18.5. The highest BCUT2D eigenvalue weighted by Crippen LogP contribution is 2.45. The molecular formula is C19H21N3OS3. The summed E-state index contributed by atoms with van der Waals surface area (Å²) in [5.41, 5.74) is 10.5. The molecule has 2 aromatic rings. The minimum absolute atomic E-state index is 0.214. The van der Waals surface area contributed by atoms with Gasteiger partial charge in [0.05, 0.1) is 4.58 Å². The summed E-state index contributed by atoms with van der Waals surface area (Å²) < 4.78 is 0.486. The van der Waals surface area contributed by atoms with Gasteiger partial charge in [-0.05, 0) is 61.0 Å². The van der Waals surface area contributed by atoms with Crippen LogP contribution in [-0.4, -0.2) is 22.5 Å². The van der Waals surface area contributed by atoms with Crippen LogP contribution < -0.4 is 16.2 Å². The molecule has 0 bridgehead atoms. The fourth-order valence-corrected chi connectivity index (χ4v) is 5.59. The molecule has 3 N–H and O–H groups in total. The number of aryl methyl sites for hydroxylation is 1. The lowest BCUT2D eigenvalue weighted by Gasteiger charge is -2.14. The van der Waals surface area contributed by atoms with Crippen LogP contribution in [0.1, 0.15) is 31.6 Å². The van der Waals surface area contributed by atoms with E-state index in [2.05, 4.69) is 16.2 Å². The van der Waals surface area contributed by atoms with Gasteiger partial charge in [-0.15, -0.1) is 23.5 Å². The predicted octanol–water partition coefficient (Wildman–Crippen LogP) is 4.41. The Balaban J connectivity index is 1.53. The maximum absolute atomic E-state index is 12.3. The normalized spacial score (nSPS) is 14.1. The van der Waals surface area contributed by atoms with E-state index in [0.717, 1.165) is 11.3 Å². The molecule has 0 aliphatic carbocycles. The third kappa shape index (κ3) is 4.72. The van der Waals surface area contributed by atoms with Crippen LogP contribution in [0.4, 0.5) is 5.69 Å². The number of amides is 1. The van der Waals surface area contributed by atoms with Crippen LogP contribution in [0.5, 0.6) is 0 Å². The van der Waals surface area contributed by atoms with Gasteiger partial charge in [-0.2, -0.15) is 0 Å². The fraction of sp³-hybridized carbons (Fsp3) is 0.263. The summed E-state index contributed by atoms with van der Waals surface area (Å²) in [7, 11) is 0. The third-order valence-electron chi connectivity index (χ3n) is 4.21. The van der Waals surface area contributed by atoms with E-state index in [-0.39, 0.29) is 5.91 Å². The largest absolute Gasteiger partial charge is 0.331 e. The maximum atomic E-state index is 12.3. The van der Waals surface area contributed by atoms with E-state index < -0.39 is 0 Å². The second kappa shape index (κ2) is 8.79. The zero-order valence-corrected chi connectivity index (χ0v) is 17.1. The summed E-state index contributed by atoms with van der Waals surface area (Å²) in [5, 5.41) is 3.45. The Morgan fingerprint density at radius 2 is 1.73 bits per heavy atom. The van der Waals surface area contributed by atoms with Gasteiger partial charge < -0.3 is 5.32 Å². The van der Waals surface area contributed by atoms with Crippen molar-refractivity contribution >= 4 is 52.4 Å². The monoisotopic (exact) mass is 403 g/mol. The van der Waals surface area contributed by atoms with Crippen molar-refractivity contribution < 1.29 is 4.79 Å². The second-order valence-electron chi connectivity index (χ2n) is 5.98. The molecule has 2 aromatic carbocycles. The second-order valence-corrected chi connectivity index (χ2v) is 9.11. The number of thioether (sulfide) groups is 2. The van der Waals surface area contributed by atoms with Crippen molar-refractivity contribution in [3.05, 3.63) is 64.7 Å². The van der Waals surface area contributed by atoms with Crippen molar-refractivity contribution in [1.82, 2.24) is 10.9 Å². The first kappa shape index (κ1) is 19.1. The molecular weight excluding hydrogens is 382 g/mol. The van der Waals surface area contributed by atoms with Crippen molar-refractivity contribution in [2.45, 2.75) is 18.4 Å². The Labute approximate surface area is 167 Å². The molecule has 0 saturated carbocycles. The molecule has 136 valence electrons. The van der Waals surface area contributed by atoms with E-state index in [0.29, 0.717) is 15.3 Å². The van der Waals surface area contributed by atoms with Gasteiger partial charge >= 0.3 is 0 Å². The summed E-state index contributed by atoms with van der Waals surface area (Å²) >= 11 is 9.16. The van der Waals surface area contributed by atoms with E-state index in [9.17, 15) is 4.79 Å². The van der Waals surface area contributed by atoms with Gasteiger partial charge in [-0.3, -0.25) is 15.6 Å². The number of rotatable bonds is 3. The summed E-state index contributed by atoms with van der Waals surface area (Å²) in [6.45, 7) is 4.08. The fourth-order valence-electron chi connectivity index (χ4n) is 2.57. The number of hydrogen-bond acceptors (Lipinski definition) is 4. The Bertz CT molecular complexity index is 802.